The van der Waals surface area contributed by atoms with Crippen LogP contribution in [-0.4, -0.2) is 19.9 Å². The monoisotopic (exact) mass is 802 g/mol. The molecular weight excluding hydrogens is 765 g/mol. The smallest absolute Gasteiger partial charge is 0.0979 e. The molecule has 0 amide bonds. The summed E-state index contributed by atoms with van der Waals surface area (Å²) in [6.45, 7) is 4.71. The molecule has 0 atom stereocenters. The normalized spacial score (nSPS) is 13.0. The first-order chi connectivity index (χ1) is 31.0. The maximum absolute atomic E-state index is 5.29. The van der Waals surface area contributed by atoms with Gasteiger partial charge in [-0.05, 0) is 90.3 Å². The summed E-state index contributed by atoms with van der Waals surface area (Å²) in [6.07, 6.45) is 3.86. The molecule has 2 aromatic heterocycles. The Morgan fingerprint density at radius 1 is 0.302 bits per heavy atom. The van der Waals surface area contributed by atoms with E-state index in [1.165, 1.54) is 54.9 Å². The molecule has 0 spiro atoms. The van der Waals surface area contributed by atoms with Crippen molar-refractivity contribution in [3.8, 4) is 55.9 Å². The lowest BCUT2D eigenvalue weighted by Gasteiger charge is -2.23. The molecule has 2 heterocycles. The maximum atomic E-state index is 5.29. The minimum atomic E-state index is -0.201. The van der Waals surface area contributed by atoms with Crippen LogP contribution in [0.1, 0.15) is 25.0 Å². The van der Waals surface area contributed by atoms with E-state index in [-0.39, 0.29) is 5.41 Å². The van der Waals surface area contributed by atoms with E-state index in [2.05, 4.69) is 196 Å². The maximum Gasteiger partial charge on any atom is 0.0979 e. The standard InChI is InChI=1S/C59H38N4/c1-59(2)51-31-37(35-13-11-15-39(29-35)53-33-60-55-47-21-7-3-17-41(47)43-19-5-9-23-49(43)57(55)62-53)25-27-45(51)46-28-26-38(32-52(46)59)36-14-12-16-40(30-36)54-34-61-56-48-22-8-4-18-42(48)44-20-6-10-24-50(44)58(56)63-54/h3-34H,1-2H3. The molecule has 0 N–H and O–H groups in total. The van der Waals surface area contributed by atoms with E-state index in [0.29, 0.717) is 0 Å². The first kappa shape index (κ1) is 35.7. The van der Waals surface area contributed by atoms with Gasteiger partial charge in [0, 0.05) is 38.1 Å². The van der Waals surface area contributed by atoms with Crippen LogP contribution >= 0.6 is 0 Å². The fourth-order valence-corrected chi connectivity index (χ4v) is 10.3. The van der Waals surface area contributed by atoms with E-state index >= 15 is 0 Å². The van der Waals surface area contributed by atoms with E-state index in [1.807, 2.05) is 12.4 Å². The van der Waals surface area contributed by atoms with E-state index < -0.39 is 0 Å². The Kier molecular flexibility index (Phi) is 7.62. The largest absolute Gasteiger partial charge is 0.252 e. The number of aromatic nitrogens is 4. The van der Waals surface area contributed by atoms with E-state index in [1.54, 1.807) is 0 Å². The van der Waals surface area contributed by atoms with Crippen LogP contribution in [-0.2, 0) is 5.41 Å². The van der Waals surface area contributed by atoms with Crippen molar-refractivity contribution in [2.75, 3.05) is 0 Å². The Bertz CT molecular complexity index is 3580. The zero-order valence-electron chi connectivity index (χ0n) is 34.8. The van der Waals surface area contributed by atoms with E-state index in [0.717, 1.165) is 77.3 Å². The Labute approximate surface area is 364 Å². The van der Waals surface area contributed by atoms with Crippen LogP contribution in [0, 0.1) is 0 Å². The van der Waals surface area contributed by atoms with Gasteiger partial charge < -0.3 is 0 Å². The van der Waals surface area contributed by atoms with Crippen LogP contribution in [0.5, 0.6) is 0 Å². The summed E-state index contributed by atoms with van der Waals surface area (Å²) >= 11 is 0. The molecule has 12 aromatic rings. The van der Waals surface area contributed by atoms with Gasteiger partial charge in [-0.2, -0.15) is 0 Å². The minimum absolute atomic E-state index is 0.201. The van der Waals surface area contributed by atoms with Gasteiger partial charge in [0.15, 0.2) is 0 Å². The summed E-state index contributed by atoms with van der Waals surface area (Å²) in [6, 6.07) is 65.5. The van der Waals surface area contributed by atoms with Crippen molar-refractivity contribution >= 4 is 65.2 Å². The molecule has 0 bridgehead atoms. The van der Waals surface area contributed by atoms with Gasteiger partial charge in [0.25, 0.3) is 0 Å². The third-order valence-electron chi connectivity index (χ3n) is 13.5. The average Bonchev–Trinajstić information content (AvgIpc) is 3.58. The van der Waals surface area contributed by atoms with Gasteiger partial charge in [-0.15, -0.1) is 0 Å². The molecule has 0 radical (unpaired) electrons. The Hall–Kier alpha value is -8.08. The Morgan fingerprint density at radius 2 is 0.635 bits per heavy atom. The molecule has 294 valence electrons. The number of fused-ring (bicyclic) bond motifs is 15. The molecule has 0 fully saturated rings. The van der Waals surface area contributed by atoms with Crippen molar-refractivity contribution < 1.29 is 0 Å². The average molecular weight is 803 g/mol. The molecule has 10 aromatic carbocycles. The minimum Gasteiger partial charge on any atom is -0.252 e. The fraction of sp³-hybridized carbons (Fsp3) is 0.0508. The van der Waals surface area contributed by atoms with Crippen molar-refractivity contribution in [2.45, 2.75) is 19.3 Å². The molecule has 1 aliphatic rings. The first-order valence-corrected chi connectivity index (χ1v) is 21.6. The van der Waals surface area contributed by atoms with E-state index in [9.17, 15) is 0 Å². The van der Waals surface area contributed by atoms with Crippen molar-refractivity contribution in [1.82, 2.24) is 19.9 Å². The SMILES string of the molecule is CC1(C)c2cc(-c3cccc(-c4cnc5c6ccccc6c6ccccc6c5n4)c3)ccc2-c2ccc(-c3cccc(-c4cnc5c6ccccc6c6ccccc6c5n4)c3)cc21. The third kappa shape index (κ3) is 5.41. The van der Waals surface area contributed by atoms with Crippen molar-refractivity contribution in [2.24, 2.45) is 0 Å². The van der Waals surface area contributed by atoms with Crippen LogP contribution in [0.25, 0.3) is 121 Å². The van der Waals surface area contributed by atoms with Gasteiger partial charge in [0.2, 0.25) is 0 Å². The quantitative estimate of drug-likeness (QED) is 0.166. The van der Waals surface area contributed by atoms with Crippen molar-refractivity contribution in [3.05, 3.63) is 206 Å². The third-order valence-corrected chi connectivity index (χ3v) is 13.5. The van der Waals surface area contributed by atoms with Crippen LogP contribution in [0.3, 0.4) is 0 Å². The predicted octanol–water partition coefficient (Wildman–Crippen LogP) is 15.2. The highest BCUT2D eigenvalue weighted by molar-refractivity contribution is 6.24. The van der Waals surface area contributed by atoms with Crippen LogP contribution in [0.2, 0.25) is 0 Å². The predicted molar refractivity (Wildman–Crippen MR) is 262 cm³/mol. The lowest BCUT2D eigenvalue weighted by molar-refractivity contribution is 0.661. The lowest BCUT2D eigenvalue weighted by Crippen LogP contribution is -2.15. The second kappa shape index (κ2) is 13.5. The van der Waals surface area contributed by atoms with Gasteiger partial charge in [-0.1, -0.05) is 172 Å². The second-order valence-electron chi connectivity index (χ2n) is 17.4. The number of benzene rings is 10. The fourth-order valence-electron chi connectivity index (χ4n) is 10.3. The molecule has 0 unspecified atom stereocenters. The summed E-state index contributed by atoms with van der Waals surface area (Å²) in [5.74, 6) is 0. The number of rotatable bonds is 4. The van der Waals surface area contributed by atoms with Crippen LogP contribution in [0.15, 0.2) is 194 Å². The molecule has 1 aliphatic carbocycles. The molecule has 4 nitrogen and oxygen atoms in total. The lowest BCUT2D eigenvalue weighted by atomic mass is 9.80. The molecule has 0 aliphatic heterocycles. The van der Waals surface area contributed by atoms with Gasteiger partial charge in [-0.25, -0.2) is 9.97 Å². The Balaban J connectivity index is 0.842. The number of hydrogen-bond donors (Lipinski definition) is 0. The van der Waals surface area contributed by atoms with Crippen molar-refractivity contribution in [1.29, 1.82) is 0 Å². The summed E-state index contributed by atoms with van der Waals surface area (Å²) in [7, 11) is 0. The number of hydrogen-bond acceptors (Lipinski definition) is 4. The highest BCUT2D eigenvalue weighted by atomic mass is 14.8. The molecule has 4 heteroatoms. The second-order valence-corrected chi connectivity index (χ2v) is 17.4. The highest BCUT2D eigenvalue weighted by Crippen LogP contribution is 2.51. The molecular formula is C59H38N4. The summed E-state index contributed by atoms with van der Waals surface area (Å²) in [5, 5.41) is 9.29. The van der Waals surface area contributed by atoms with Gasteiger partial charge >= 0.3 is 0 Å². The Morgan fingerprint density at radius 3 is 1.03 bits per heavy atom. The van der Waals surface area contributed by atoms with Gasteiger partial charge in [0.05, 0.1) is 45.8 Å². The molecule has 0 saturated heterocycles. The summed E-state index contributed by atoms with van der Waals surface area (Å²) in [4.78, 5) is 20.6. The zero-order chi connectivity index (χ0) is 41.8. The summed E-state index contributed by atoms with van der Waals surface area (Å²) in [5.41, 5.74) is 17.3. The highest BCUT2D eigenvalue weighted by Gasteiger charge is 2.36. The van der Waals surface area contributed by atoms with Crippen molar-refractivity contribution in [3.63, 3.8) is 0 Å². The molecule has 63 heavy (non-hydrogen) atoms. The zero-order valence-corrected chi connectivity index (χ0v) is 34.8. The molecule has 13 rings (SSSR count). The van der Waals surface area contributed by atoms with Crippen LogP contribution in [0.4, 0.5) is 0 Å². The topological polar surface area (TPSA) is 51.6 Å². The number of nitrogens with zero attached hydrogens (tertiary/aromatic N) is 4. The van der Waals surface area contributed by atoms with Gasteiger partial charge in [0.1, 0.15) is 0 Å². The van der Waals surface area contributed by atoms with E-state index in [4.69, 9.17) is 19.9 Å². The summed E-state index contributed by atoms with van der Waals surface area (Å²) < 4.78 is 0. The first-order valence-electron chi connectivity index (χ1n) is 21.6. The van der Waals surface area contributed by atoms with Crippen LogP contribution < -0.4 is 0 Å². The van der Waals surface area contributed by atoms with Gasteiger partial charge in [-0.3, -0.25) is 9.97 Å². The molecule has 0 saturated carbocycles.